The first-order valence-electron chi connectivity index (χ1n) is 7.71. The largest absolute Gasteiger partial charge is 0.369 e. The van der Waals surface area contributed by atoms with E-state index in [1.54, 1.807) is 5.56 Å². The number of hydrogen-bond donors (Lipinski definition) is 2. The monoisotopic (exact) mass is 274 g/mol. The highest BCUT2D eigenvalue weighted by Crippen LogP contribution is 2.31. The fourth-order valence-electron chi connectivity index (χ4n) is 3.46. The van der Waals surface area contributed by atoms with Crippen molar-refractivity contribution in [2.45, 2.75) is 19.0 Å². The van der Waals surface area contributed by atoms with Gasteiger partial charge in [0.1, 0.15) is 0 Å². The maximum absolute atomic E-state index is 3.44. The summed E-state index contributed by atoms with van der Waals surface area (Å²) in [5.74, 6) is 0. The summed E-state index contributed by atoms with van der Waals surface area (Å²) in [5.41, 5.74) is 4.56. The molecule has 0 aromatic heterocycles. The van der Waals surface area contributed by atoms with Gasteiger partial charge in [-0.05, 0) is 37.7 Å². The average Bonchev–Trinajstić information content (AvgIpc) is 2.48. The summed E-state index contributed by atoms with van der Waals surface area (Å²) >= 11 is 0. The van der Waals surface area contributed by atoms with Gasteiger partial charge < -0.3 is 15.5 Å². The Morgan fingerprint density at radius 2 is 2.10 bits per heavy atom. The minimum atomic E-state index is 0.608. The van der Waals surface area contributed by atoms with Crippen LogP contribution in [-0.2, 0) is 13.0 Å². The number of nitrogens with one attached hydrogen (secondary N) is 2. The van der Waals surface area contributed by atoms with E-state index in [0.29, 0.717) is 6.04 Å². The van der Waals surface area contributed by atoms with Crippen molar-refractivity contribution in [2.24, 2.45) is 0 Å². The normalized spacial score (nSPS) is 23.7. The minimum absolute atomic E-state index is 0.608. The third-order valence-electron chi connectivity index (χ3n) is 4.63. The van der Waals surface area contributed by atoms with Gasteiger partial charge in [-0.2, -0.15) is 0 Å². The van der Waals surface area contributed by atoms with Gasteiger partial charge in [0.15, 0.2) is 0 Å². The van der Waals surface area contributed by atoms with Gasteiger partial charge in [-0.25, -0.2) is 0 Å². The Labute approximate surface area is 122 Å². The fourth-order valence-corrected chi connectivity index (χ4v) is 3.46. The second kappa shape index (κ2) is 6.12. The lowest BCUT2D eigenvalue weighted by atomic mass is 9.92. The molecule has 0 radical (unpaired) electrons. The predicted octanol–water partition coefficient (Wildman–Crippen LogP) is 0.672. The van der Waals surface area contributed by atoms with Gasteiger partial charge in [-0.15, -0.1) is 0 Å². The van der Waals surface area contributed by atoms with E-state index in [1.807, 2.05) is 7.05 Å². The second-order valence-electron chi connectivity index (χ2n) is 5.98. The van der Waals surface area contributed by atoms with Crippen LogP contribution in [0.3, 0.4) is 0 Å². The molecule has 1 atom stereocenters. The van der Waals surface area contributed by atoms with Crippen LogP contribution in [0.15, 0.2) is 18.2 Å². The molecule has 2 aliphatic rings. The topological polar surface area (TPSA) is 30.5 Å². The van der Waals surface area contributed by atoms with E-state index in [1.165, 1.54) is 11.3 Å². The number of fused-ring (bicyclic) bond motifs is 1. The van der Waals surface area contributed by atoms with Crippen molar-refractivity contribution >= 4 is 5.69 Å². The van der Waals surface area contributed by atoms with Crippen LogP contribution in [0.1, 0.15) is 11.1 Å². The Morgan fingerprint density at radius 3 is 2.85 bits per heavy atom. The maximum Gasteiger partial charge on any atom is 0.0403 e. The van der Waals surface area contributed by atoms with E-state index >= 15 is 0 Å². The van der Waals surface area contributed by atoms with E-state index in [-0.39, 0.29) is 0 Å². The van der Waals surface area contributed by atoms with Crippen molar-refractivity contribution in [1.82, 2.24) is 15.5 Å². The first kappa shape index (κ1) is 13.9. The van der Waals surface area contributed by atoms with E-state index in [0.717, 1.165) is 45.7 Å². The molecule has 20 heavy (non-hydrogen) atoms. The standard InChI is InChI=1S/C16H26N4/c1-17-11-14-10-15-13(12-19(14)2)4-3-5-16(15)20-8-6-18-7-9-20/h3-5,14,17-18H,6-12H2,1-2H3. The molecule has 0 amide bonds. The second-order valence-corrected chi connectivity index (χ2v) is 5.98. The molecular formula is C16H26N4. The van der Waals surface area contributed by atoms with Gasteiger partial charge in [0, 0.05) is 51.0 Å². The van der Waals surface area contributed by atoms with Crippen molar-refractivity contribution in [3.8, 4) is 0 Å². The van der Waals surface area contributed by atoms with E-state index in [9.17, 15) is 0 Å². The molecule has 1 aromatic carbocycles. The lowest BCUT2D eigenvalue weighted by Crippen LogP contribution is -2.46. The highest BCUT2D eigenvalue weighted by Gasteiger charge is 2.26. The molecule has 0 aliphatic carbocycles. The molecule has 2 aliphatic heterocycles. The molecule has 1 saturated heterocycles. The number of benzene rings is 1. The van der Waals surface area contributed by atoms with Gasteiger partial charge in [-0.1, -0.05) is 12.1 Å². The van der Waals surface area contributed by atoms with Gasteiger partial charge in [0.25, 0.3) is 0 Å². The minimum Gasteiger partial charge on any atom is -0.369 e. The Balaban J connectivity index is 1.88. The maximum atomic E-state index is 3.44. The summed E-state index contributed by atoms with van der Waals surface area (Å²) in [5, 5.41) is 6.77. The van der Waals surface area contributed by atoms with E-state index < -0.39 is 0 Å². The SMILES string of the molecule is CNCC1Cc2c(cccc2N2CCNCC2)CN1C. The molecule has 2 N–H and O–H groups in total. The third kappa shape index (κ3) is 2.68. The molecule has 1 unspecified atom stereocenters. The number of piperazine rings is 1. The van der Waals surface area contributed by atoms with Crippen molar-refractivity contribution in [1.29, 1.82) is 0 Å². The Morgan fingerprint density at radius 1 is 1.30 bits per heavy atom. The summed E-state index contributed by atoms with van der Waals surface area (Å²) in [6.07, 6.45) is 1.16. The number of nitrogens with zero attached hydrogens (tertiary/aromatic N) is 2. The lowest BCUT2D eigenvalue weighted by molar-refractivity contribution is 0.213. The highest BCUT2D eigenvalue weighted by molar-refractivity contribution is 5.58. The quantitative estimate of drug-likeness (QED) is 0.848. The van der Waals surface area contributed by atoms with E-state index in [2.05, 4.69) is 45.7 Å². The molecule has 110 valence electrons. The first-order chi connectivity index (χ1) is 9.79. The zero-order valence-corrected chi connectivity index (χ0v) is 12.7. The molecule has 4 nitrogen and oxygen atoms in total. The van der Waals surface area contributed by atoms with Crippen molar-refractivity contribution in [2.75, 3.05) is 51.7 Å². The smallest absolute Gasteiger partial charge is 0.0403 e. The van der Waals surface area contributed by atoms with Crippen LogP contribution in [0, 0.1) is 0 Å². The first-order valence-corrected chi connectivity index (χ1v) is 7.71. The third-order valence-corrected chi connectivity index (χ3v) is 4.63. The van der Waals surface area contributed by atoms with Gasteiger partial charge in [-0.3, -0.25) is 4.90 Å². The summed E-state index contributed by atoms with van der Waals surface area (Å²) < 4.78 is 0. The highest BCUT2D eigenvalue weighted by atomic mass is 15.2. The number of rotatable bonds is 3. The molecule has 2 heterocycles. The predicted molar refractivity (Wildman–Crippen MR) is 84.4 cm³/mol. The van der Waals surface area contributed by atoms with Crippen LogP contribution in [0.4, 0.5) is 5.69 Å². The number of anilines is 1. The summed E-state index contributed by atoms with van der Waals surface area (Å²) in [4.78, 5) is 5.03. The summed E-state index contributed by atoms with van der Waals surface area (Å²) in [6.45, 7) is 6.59. The van der Waals surface area contributed by atoms with Crippen LogP contribution >= 0.6 is 0 Å². The Bertz CT molecular complexity index is 454. The van der Waals surface area contributed by atoms with Crippen LogP contribution in [0.25, 0.3) is 0 Å². The van der Waals surface area contributed by atoms with Crippen LogP contribution in [0.2, 0.25) is 0 Å². The van der Waals surface area contributed by atoms with Gasteiger partial charge in [0.05, 0.1) is 0 Å². The zero-order chi connectivity index (χ0) is 13.9. The van der Waals surface area contributed by atoms with E-state index in [4.69, 9.17) is 0 Å². The van der Waals surface area contributed by atoms with Gasteiger partial charge >= 0.3 is 0 Å². The molecule has 0 bridgehead atoms. The van der Waals surface area contributed by atoms with Crippen molar-refractivity contribution in [3.05, 3.63) is 29.3 Å². The molecule has 1 fully saturated rings. The number of likely N-dealkylation sites (N-methyl/N-ethyl adjacent to an activating group) is 2. The summed E-state index contributed by atoms with van der Waals surface area (Å²) in [6, 6.07) is 7.44. The Hall–Kier alpha value is -1.10. The zero-order valence-electron chi connectivity index (χ0n) is 12.7. The molecule has 0 saturated carbocycles. The lowest BCUT2D eigenvalue weighted by Gasteiger charge is -2.38. The summed E-state index contributed by atoms with van der Waals surface area (Å²) in [7, 11) is 4.29. The number of hydrogen-bond acceptors (Lipinski definition) is 4. The van der Waals surface area contributed by atoms with Crippen LogP contribution < -0.4 is 15.5 Å². The fraction of sp³-hybridized carbons (Fsp3) is 0.625. The van der Waals surface area contributed by atoms with Gasteiger partial charge in [0.2, 0.25) is 0 Å². The van der Waals surface area contributed by atoms with Crippen molar-refractivity contribution < 1.29 is 0 Å². The molecule has 4 heteroatoms. The van der Waals surface area contributed by atoms with Crippen molar-refractivity contribution in [3.63, 3.8) is 0 Å². The average molecular weight is 274 g/mol. The molecule has 3 rings (SSSR count). The van der Waals surface area contributed by atoms with Crippen LogP contribution in [0.5, 0.6) is 0 Å². The Kier molecular flexibility index (Phi) is 4.24. The van der Waals surface area contributed by atoms with Crippen LogP contribution in [-0.4, -0.2) is 57.8 Å². The molecule has 1 aromatic rings. The molecular weight excluding hydrogens is 248 g/mol. The molecule has 0 spiro atoms.